The topological polar surface area (TPSA) is 17.8 Å². The summed E-state index contributed by atoms with van der Waals surface area (Å²) in [6, 6.07) is 0. The smallest absolute Gasteiger partial charge is 0.289 e. The van der Waals surface area contributed by atoms with Crippen molar-refractivity contribution >= 4 is 15.9 Å². The number of rotatable bonds is 0. The zero-order valence-electron chi connectivity index (χ0n) is 7.65. The first-order chi connectivity index (χ1) is 5.34. The third-order valence-electron chi connectivity index (χ3n) is 0.621. The van der Waals surface area contributed by atoms with Gasteiger partial charge in [0, 0.05) is 11.1 Å². The van der Waals surface area contributed by atoms with Crippen molar-refractivity contribution < 1.29 is 9.87 Å². The van der Waals surface area contributed by atoms with Gasteiger partial charge in [0.25, 0.3) is 6.08 Å². The van der Waals surface area contributed by atoms with Gasteiger partial charge in [0.15, 0.2) is 0 Å². The molecule has 0 unspecified atom stereocenters. The molecule has 0 fully saturated rings. The van der Waals surface area contributed by atoms with E-state index in [-0.39, 0.29) is 4.60 Å². The van der Waals surface area contributed by atoms with E-state index in [1.165, 1.54) is 0 Å². The van der Waals surface area contributed by atoms with E-state index >= 15 is 0 Å². The molecule has 0 saturated heterocycles. The molecule has 0 atom stereocenters. The average Bonchev–Trinajstić information content (AvgIpc) is 2.05. The minimum Gasteiger partial charge on any atom is -0.298 e. The standard InChI is InChI=1S/C4H4BrFN2/c1-8-3(5)2-7-4(8)6/h2H,1H3/i1D3,2D. The monoisotopic (exact) mass is 182 g/mol. The lowest BCUT2D eigenvalue weighted by molar-refractivity contribution is 0.497. The highest BCUT2D eigenvalue weighted by Crippen LogP contribution is 2.07. The van der Waals surface area contributed by atoms with Gasteiger partial charge in [-0.15, -0.1) is 0 Å². The zero-order chi connectivity index (χ0) is 9.52. The van der Waals surface area contributed by atoms with Crippen LogP contribution in [0.1, 0.15) is 5.48 Å². The first kappa shape index (κ1) is 2.47. The normalized spacial score (nSPS) is 18.8. The van der Waals surface area contributed by atoms with Gasteiger partial charge in [0.1, 0.15) is 4.60 Å². The Morgan fingerprint density at radius 2 is 3.00 bits per heavy atom. The number of hydrogen-bond donors (Lipinski definition) is 0. The van der Waals surface area contributed by atoms with Crippen LogP contribution in [0, 0.1) is 6.08 Å². The second kappa shape index (κ2) is 1.85. The lowest BCUT2D eigenvalue weighted by Crippen LogP contribution is -1.91. The molecule has 2 nitrogen and oxygen atoms in total. The Kier molecular flexibility index (Phi) is 0.573. The minimum atomic E-state index is -2.64. The third kappa shape index (κ3) is 0.753. The van der Waals surface area contributed by atoms with Crippen LogP contribution < -0.4 is 0 Å². The largest absolute Gasteiger partial charge is 0.298 e. The van der Waals surface area contributed by atoms with Crippen LogP contribution in [0.3, 0.4) is 0 Å². The second-order valence-electron chi connectivity index (χ2n) is 1.12. The zero-order valence-corrected chi connectivity index (χ0v) is 5.24. The highest BCUT2D eigenvalue weighted by atomic mass is 79.9. The van der Waals surface area contributed by atoms with Crippen LogP contribution in [-0.2, 0) is 6.98 Å². The fraction of sp³-hybridized carbons (Fsp3) is 0.250. The van der Waals surface area contributed by atoms with E-state index in [4.69, 9.17) is 5.48 Å². The van der Waals surface area contributed by atoms with Gasteiger partial charge in [0.2, 0.25) is 0 Å². The minimum absolute atomic E-state index is 0.181. The van der Waals surface area contributed by atoms with Gasteiger partial charge in [0.05, 0.1) is 7.54 Å². The van der Waals surface area contributed by atoms with Crippen molar-refractivity contribution in [3.63, 3.8) is 0 Å². The molecule has 0 aliphatic rings. The van der Waals surface area contributed by atoms with Crippen LogP contribution >= 0.6 is 15.9 Å². The van der Waals surface area contributed by atoms with Crippen molar-refractivity contribution in [2.75, 3.05) is 0 Å². The van der Waals surface area contributed by atoms with E-state index in [0.29, 0.717) is 4.57 Å². The number of nitrogens with zero attached hydrogens (tertiary/aromatic N) is 2. The molecule has 1 aromatic heterocycles. The van der Waals surface area contributed by atoms with Crippen molar-refractivity contribution in [1.82, 2.24) is 9.55 Å². The molecule has 1 rings (SSSR count). The molecule has 8 heavy (non-hydrogen) atoms. The van der Waals surface area contributed by atoms with Crippen molar-refractivity contribution in [1.29, 1.82) is 0 Å². The summed E-state index contributed by atoms with van der Waals surface area (Å²) in [5.41, 5.74) is 0. The van der Waals surface area contributed by atoms with E-state index < -0.39 is 19.2 Å². The van der Waals surface area contributed by atoms with Crippen LogP contribution in [0.5, 0.6) is 0 Å². The number of imidazole rings is 1. The van der Waals surface area contributed by atoms with E-state index in [1.807, 2.05) is 0 Å². The maximum absolute atomic E-state index is 12.7. The average molecular weight is 183 g/mol. The highest BCUT2D eigenvalue weighted by molar-refractivity contribution is 9.10. The van der Waals surface area contributed by atoms with Gasteiger partial charge in [-0.05, 0) is 15.9 Å². The summed E-state index contributed by atoms with van der Waals surface area (Å²) < 4.78 is 40.5. The lowest BCUT2D eigenvalue weighted by atomic mass is 10.9. The first-order valence-electron chi connectivity index (χ1n) is 3.75. The van der Waals surface area contributed by atoms with Crippen molar-refractivity contribution in [3.05, 3.63) is 16.9 Å². The maximum atomic E-state index is 12.7. The van der Waals surface area contributed by atoms with Gasteiger partial charge in [-0.1, -0.05) is 0 Å². The molecule has 4 heteroatoms. The van der Waals surface area contributed by atoms with Crippen molar-refractivity contribution in [3.8, 4) is 0 Å². The Balaban J connectivity index is 3.32. The summed E-state index contributed by atoms with van der Waals surface area (Å²) >= 11 is 2.75. The predicted molar refractivity (Wildman–Crippen MR) is 30.9 cm³/mol. The van der Waals surface area contributed by atoms with E-state index in [9.17, 15) is 4.39 Å². The Hall–Kier alpha value is -0.380. The van der Waals surface area contributed by atoms with Crippen LogP contribution in [-0.4, -0.2) is 9.55 Å². The predicted octanol–water partition coefficient (Wildman–Crippen LogP) is 1.32. The Morgan fingerprint density at radius 3 is 3.25 bits per heavy atom. The first-order valence-corrected chi connectivity index (χ1v) is 2.54. The van der Waals surface area contributed by atoms with Crippen molar-refractivity contribution in [2.45, 2.75) is 0 Å². The fourth-order valence-corrected chi connectivity index (χ4v) is 0.508. The summed E-state index contributed by atoms with van der Waals surface area (Å²) in [6.07, 6.45) is -1.62. The molecular weight excluding hydrogens is 175 g/mol. The fourth-order valence-electron chi connectivity index (χ4n) is 0.273. The number of halogens is 2. The quantitative estimate of drug-likeness (QED) is 0.593. The SMILES string of the molecule is [2H]c1nc(F)n(C([2H])([2H])[2H])c1Br. The number of aromatic nitrogens is 2. The van der Waals surface area contributed by atoms with Crippen LogP contribution in [0.15, 0.2) is 10.8 Å². The highest BCUT2D eigenvalue weighted by Gasteiger charge is 1.98. The molecule has 0 aliphatic carbocycles. The van der Waals surface area contributed by atoms with Crippen molar-refractivity contribution in [2.24, 2.45) is 6.98 Å². The Bertz CT molecular complexity index is 307. The van der Waals surface area contributed by atoms with Gasteiger partial charge < -0.3 is 0 Å². The van der Waals surface area contributed by atoms with E-state index in [1.54, 1.807) is 0 Å². The summed E-state index contributed by atoms with van der Waals surface area (Å²) in [4.78, 5) is 3.03. The molecule has 0 aromatic carbocycles. The second-order valence-corrected chi connectivity index (χ2v) is 1.87. The molecule has 0 amide bonds. The van der Waals surface area contributed by atoms with Gasteiger partial charge in [-0.25, -0.2) is 4.98 Å². The van der Waals surface area contributed by atoms with E-state index in [2.05, 4.69) is 20.9 Å². The molecule has 0 radical (unpaired) electrons. The molecule has 0 aliphatic heterocycles. The molecule has 1 aromatic rings. The molecular formula is C4H4BrFN2. The molecule has 0 saturated carbocycles. The van der Waals surface area contributed by atoms with E-state index in [0.717, 1.165) is 0 Å². The summed E-state index contributed by atoms with van der Waals surface area (Å²) in [6.45, 7) is -2.64. The summed E-state index contributed by atoms with van der Waals surface area (Å²) in [7, 11) is 0. The molecule has 0 bridgehead atoms. The molecule has 0 spiro atoms. The summed E-state index contributed by atoms with van der Waals surface area (Å²) in [5.74, 6) is 0. The Morgan fingerprint density at radius 1 is 2.25 bits per heavy atom. The van der Waals surface area contributed by atoms with Crippen LogP contribution in [0.25, 0.3) is 0 Å². The van der Waals surface area contributed by atoms with Gasteiger partial charge >= 0.3 is 0 Å². The van der Waals surface area contributed by atoms with Crippen LogP contribution in [0.4, 0.5) is 4.39 Å². The van der Waals surface area contributed by atoms with Gasteiger partial charge in [-0.2, -0.15) is 4.39 Å². The van der Waals surface area contributed by atoms with Gasteiger partial charge in [-0.3, -0.25) is 4.57 Å². The lowest BCUT2D eigenvalue weighted by Gasteiger charge is -1.88. The molecule has 1 heterocycles. The Labute approximate surface area is 60.1 Å². The maximum Gasteiger partial charge on any atom is 0.289 e. The van der Waals surface area contributed by atoms with Crippen LogP contribution in [0.2, 0.25) is 0 Å². The third-order valence-corrected chi connectivity index (χ3v) is 1.15. The molecule has 0 N–H and O–H groups in total. The number of hydrogen-bond acceptors (Lipinski definition) is 1. The summed E-state index contributed by atoms with van der Waals surface area (Å²) in [5, 5.41) is 0. The molecule has 44 valence electrons.